The van der Waals surface area contributed by atoms with E-state index in [-0.39, 0.29) is 18.3 Å². The van der Waals surface area contributed by atoms with Gasteiger partial charge in [0.05, 0.1) is 21.7 Å². The van der Waals surface area contributed by atoms with Gasteiger partial charge in [0, 0.05) is 0 Å². The van der Waals surface area contributed by atoms with Crippen LogP contribution >= 0.6 is 15.9 Å². The quantitative estimate of drug-likeness (QED) is 0.549. The Bertz CT molecular complexity index is 935. The van der Waals surface area contributed by atoms with Crippen LogP contribution in [-0.4, -0.2) is 21.7 Å². The summed E-state index contributed by atoms with van der Waals surface area (Å²) in [6.07, 6.45) is 1.46. The number of hydrazone groups is 1. The van der Waals surface area contributed by atoms with Crippen LogP contribution in [0.5, 0.6) is 0 Å². The SMILES string of the molecule is Cc1nc2ccccc2n1CC(=O)N/N=C\c1ccc(F)c(Br)c1. The summed E-state index contributed by atoms with van der Waals surface area (Å²) in [6, 6.07) is 12.1. The number of aromatic nitrogens is 2. The molecule has 0 bridgehead atoms. The second kappa shape index (κ2) is 6.92. The van der Waals surface area contributed by atoms with Crippen molar-refractivity contribution in [3.63, 3.8) is 0 Å². The molecule has 0 aliphatic heterocycles. The zero-order chi connectivity index (χ0) is 17.1. The molecule has 0 atom stereocenters. The summed E-state index contributed by atoms with van der Waals surface area (Å²) in [5, 5.41) is 3.90. The van der Waals surface area contributed by atoms with E-state index in [1.54, 1.807) is 12.1 Å². The molecule has 122 valence electrons. The minimum atomic E-state index is -0.348. The molecule has 0 saturated carbocycles. The molecular formula is C17H14BrFN4O. The van der Waals surface area contributed by atoms with Crippen molar-refractivity contribution in [2.45, 2.75) is 13.5 Å². The zero-order valence-corrected chi connectivity index (χ0v) is 14.4. The highest BCUT2D eigenvalue weighted by Crippen LogP contribution is 2.16. The highest BCUT2D eigenvalue weighted by Gasteiger charge is 2.10. The highest BCUT2D eigenvalue weighted by molar-refractivity contribution is 9.10. The molecule has 1 amide bonds. The lowest BCUT2D eigenvalue weighted by Crippen LogP contribution is -2.23. The number of aryl methyl sites for hydroxylation is 1. The molecule has 0 radical (unpaired) electrons. The number of para-hydroxylation sites is 2. The Morgan fingerprint density at radius 2 is 2.17 bits per heavy atom. The Morgan fingerprint density at radius 3 is 2.96 bits per heavy atom. The summed E-state index contributed by atoms with van der Waals surface area (Å²) in [5.74, 6) is 0.148. The number of rotatable bonds is 4. The van der Waals surface area contributed by atoms with Crippen LogP contribution in [0, 0.1) is 12.7 Å². The number of hydrogen-bond donors (Lipinski definition) is 1. The number of carbonyl (C=O) groups is 1. The number of imidazole rings is 1. The van der Waals surface area contributed by atoms with E-state index in [0.717, 1.165) is 16.9 Å². The van der Waals surface area contributed by atoms with Gasteiger partial charge < -0.3 is 4.57 Å². The van der Waals surface area contributed by atoms with E-state index < -0.39 is 0 Å². The molecule has 0 aliphatic carbocycles. The highest BCUT2D eigenvalue weighted by atomic mass is 79.9. The van der Waals surface area contributed by atoms with Crippen molar-refractivity contribution in [1.82, 2.24) is 15.0 Å². The number of fused-ring (bicyclic) bond motifs is 1. The van der Waals surface area contributed by atoms with Gasteiger partial charge in [-0.15, -0.1) is 0 Å². The summed E-state index contributed by atoms with van der Waals surface area (Å²) in [4.78, 5) is 16.5. The Balaban J connectivity index is 1.68. The molecule has 1 heterocycles. The molecule has 24 heavy (non-hydrogen) atoms. The monoisotopic (exact) mass is 388 g/mol. The minimum Gasteiger partial charge on any atom is -0.319 e. The predicted molar refractivity (Wildman–Crippen MR) is 94.3 cm³/mol. The maximum Gasteiger partial charge on any atom is 0.260 e. The molecule has 0 saturated heterocycles. The van der Waals surface area contributed by atoms with Crippen molar-refractivity contribution in [1.29, 1.82) is 0 Å². The molecule has 3 aromatic rings. The number of nitrogens with zero attached hydrogens (tertiary/aromatic N) is 3. The topological polar surface area (TPSA) is 59.3 Å². The fraction of sp³-hybridized carbons (Fsp3) is 0.118. The molecule has 1 aromatic heterocycles. The second-order valence-electron chi connectivity index (χ2n) is 5.20. The molecule has 2 aromatic carbocycles. The fourth-order valence-corrected chi connectivity index (χ4v) is 2.74. The number of hydrogen-bond acceptors (Lipinski definition) is 3. The van der Waals surface area contributed by atoms with Gasteiger partial charge in [-0.05, 0) is 52.7 Å². The first-order valence-electron chi connectivity index (χ1n) is 7.23. The van der Waals surface area contributed by atoms with Crippen LogP contribution < -0.4 is 5.43 Å². The first kappa shape index (κ1) is 16.3. The second-order valence-corrected chi connectivity index (χ2v) is 6.05. The smallest absolute Gasteiger partial charge is 0.260 e. The third-order valence-corrected chi connectivity index (χ3v) is 4.10. The average molecular weight is 389 g/mol. The standard InChI is InChI=1S/C17H14BrFN4O/c1-11-21-15-4-2-3-5-16(15)23(11)10-17(24)22-20-9-12-6-7-14(19)13(18)8-12/h2-9H,10H2,1H3,(H,22,24)/b20-9-. The van der Waals surface area contributed by atoms with E-state index in [1.807, 2.05) is 35.8 Å². The van der Waals surface area contributed by atoms with Gasteiger partial charge in [-0.1, -0.05) is 18.2 Å². The van der Waals surface area contributed by atoms with E-state index in [9.17, 15) is 9.18 Å². The fourth-order valence-electron chi connectivity index (χ4n) is 2.35. The molecule has 3 rings (SSSR count). The summed E-state index contributed by atoms with van der Waals surface area (Å²) >= 11 is 3.10. The summed E-state index contributed by atoms with van der Waals surface area (Å²) < 4.78 is 15.3. The van der Waals surface area contributed by atoms with E-state index in [4.69, 9.17) is 0 Å². The maximum atomic E-state index is 13.2. The van der Waals surface area contributed by atoms with Gasteiger partial charge in [0.25, 0.3) is 5.91 Å². The molecule has 7 heteroatoms. The summed E-state index contributed by atoms with van der Waals surface area (Å²) in [6.45, 7) is 1.98. The van der Waals surface area contributed by atoms with Gasteiger partial charge >= 0.3 is 0 Å². The van der Waals surface area contributed by atoms with Crippen LogP contribution in [0.4, 0.5) is 4.39 Å². The van der Waals surface area contributed by atoms with Crippen molar-refractivity contribution in [2.75, 3.05) is 0 Å². The van der Waals surface area contributed by atoms with Crippen LogP contribution in [0.3, 0.4) is 0 Å². The molecule has 5 nitrogen and oxygen atoms in total. The van der Waals surface area contributed by atoms with Crippen LogP contribution in [-0.2, 0) is 11.3 Å². The average Bonchev–Trinajstić information content (AvgIpc) is 2.87. The number of halogens is 2. The van der Waals surface area contributed by atoms with E-state index in [2.05, 4.69) is 31.4 Å². The lowest BCUT2D eigenvalue weighted by Gasteiger charge is -2.05. The molecule has 0 aliphatic rings. The number of carbonyl (C=O) groups excluding carboxylic acids is 1. The summed E-state index contributed by atoms with van der Waals surface area (Å²) in [7, 11) is 0. The maximum absolute atomic E-state index is 13.2. The van der Waals surface area contributed by atoms with Crippen molar-refractivity contribution in [3.05, 3.63) is 64.1 Å². The molecule has 0 spiro atoms. The largest absolute Gasteiger partial charge is 0.319 e. The number of nitrogens with one attached hydrogen (secondary N) is 1. The summed E-state index contributed by atoms with van der Waals surface area (Å²) in [5.41, 5.74) is 4.89. The molecule has 0 unspecified atom stereocenters. The Morgan fingerprint density at radius 1 is 1.38 bits per heavy atom. The lowest BCUT2D eigenvalue weighted by atomic mass is 10.2. The first-order chi connectivity index (χ1) is 11.5. The van der Waals surface area contributed by atoms with Gasteiger partial charge in [0.1, 0.15) is 18.2 Å². The molecule has 1 N–H and O–H groups in total. The number of benzene rings is 2. The third kappa shape index (κ3) is 3.51. The molecular weight excluding hydrogens is 375 g/mol. The molecule has 0 fully saturated rings. The van der Waals surface area contributed by atoms with Crippen LogP contribution in [0.15, 0.2) is 52.0 Å². The van der Waals surface area contributed by atoms with Crippen molar-refractivity contribution in [3.8, 4) is 0 Å². The van der Waals surface area contributed by atoms with Crippen LogP contribution in [0.1, 0.15) is 11.4 Å². The Kier molecular flexibility index (Phi) is 4.71. The van der Waals surface area contributed by atoms with Gasteiger partial charge in [-0.25, -0.2) is 14.8 Å². The Labute approximate surface area is 146 Å². The first-order valence-corrected chi connectivity index (χ1v) is 8.03. The van der Waals surface area contributed by atoms with Gasteiger partial charge in [-0.3, -0.25) is 4.79 Å². The van der Waals surface area contributed by atoms with E-state index in [1.165, 1.54) is 12.3 Å². The van der Waals surface area contributed by atoms with Crippen LogP contribution in [0.25, 0.3) is 11.0 Å². The third-order valence-electron chi connectivity index (χ3n) is 3.49. The lowest BCUT2D eigenvalue weighted by molar-refractivity contribution is -0.121. The van der Waals surface area contributed by atoms with Crippen molar-refractivity contribution in [2.24, 2.45) is 5.10 Å². The van der Waals surface area contributed by atoms with Crippen molar-refractivity contribution >= 4 is 39.1 Å². The van der Waals surface area contributed by atoms with Gasteiger partial charge in [0.2, 0.25) is 0 Å². The Hall–Kier alpha value is -2.54. The van der Waals surface area contributed by atoms with Crippen molar-refractivity contribution < 1.29 is 9.18 Å². The van der Waals surface area contributed by atoms with Gasteiger partial charge in [0.15, 0.2) is 0 Å². The minimum absolute atomic E-state index is 0.122. The van der Waals surface area contributed by atoms with E-state index in [0.29, 0.717) is 10.0 Å². The normalized spacial score (nSPS) is 11.3. The van der Waals surface area contributed by atoms with E-state index >= 15 is 0 Å². The zero-order valence-electron chi connectivity index (χ0n) is 12.8. The van der Waals surface area contributed by atoms with Crippen LogP contribution in [0.2, 0.25) is 0 Å². The predicted octanol–water partition coefficient (Wildman–Crippen LogP) is 3.40. The number of amides is 1. The van der Waals surface area contributed by atoms with Gasteiger partial charge in [-0.2, -0.15) is 5.10 Å².